The van der Waals surface area contributed by atoms with Gasteiger partial charge in [0.15, 0.2) is 0 Å². The third-order valence-corrected chi connectivity index (χ3v) is 5.21. The summed E-state index contributed by atoms with van der Waals surface area (Å²) in [5.74, 6) is -0.337. The van der Waals surface area contributed by atoms with Crippen molar-refractivity contribution in [3.63, 3.8) is 0 Å². The number of piperidine rings is 1. The summed E-state index contributed by atoms with van der Waals surface area (Å²) in [5, 5.41) is 8.70. The van der Waals surface area contributed by atoms with Crippen LogP contribution in [-0.4, -0.2) is 40.5 Å². The van der Waals surface area contributed by atoms with Crippen LogP contribution in [0.5, 0.6) is 0 Å². The number of amides is 1. The molecule has 1 aliphatic rings. The highest BCUT2D eigenvalue weighted by Gasteiger charge is 2.28. The molecule has 1 atom stereocenters. The van der Waals surface area contributed by atoms with E-state index in [4.69, 9.17) is 10.00 Å². The van der Waals surface area contributed by atoms with Crippen LogP contribution in [0.2, 0.25) is 0 Å². The van der Waals surface area contributed by atoms with Crippen molar-refractivity contribution in [3.8, 4) is 6.07 Å². The van der Waals surface area contributed by atoms with Gasteiger partial charge in [0, 0.05) is 32.3 Å². The molecule has 3 rings (SSSR count). The monoisotopic (exact) mass is 379 g/mol. The average molecular weight is 379 g/mol. The van der Waals surface area contributed by atoms with Crippen LogP contribution in [-0.2, 0) is 18.2 Å². The van der Waals surface area contributed by atoms with Crippen molar-refractivity contribution in [2.24, 2.45) is 7.05 Å². The number of esters is 1. The van der Waals surface area contributed by atoms with Crippen molar-refractivity contribution >= 4 is 11.9 Å². The van der Waals surface area contributed by atoms with Gasteiger partial charge in [0.2, 0.25) is 0 Å². The molecule has 0 unspecified atom stereocenters. The Labute approximate surface area is 165 Å². The predicted octanol–water partition coefficient (Wildman–Crippen LogP) is 3.33. The molecule has 0 N–H and O–H groups in total. The molecular weight excluding hydrogens is 354 g/mol. The van der Waals surface area contributed by atoms with Gasteiger partial charge in [-0.3, -0.25) is 4.79 Å². The number of carbonyl (C=O) groups is 2. The lowest BCUT2D eigenvalue weighted by Crippen LogP contribution is -2.44. The molecule has 0 aliphatic carbocycles. The van der Waals surface area contributed by atoms with Gasteiger partial charge in [-0.15, -0.1) is 0 Å². The fraction of sp³-hybridized carbons (Fsp3) is 0.409. The van der Waals surface area contributed by atoms with Crippen LogP contribution < -0.4 is 0 Å². The average Bonchev–Trinajstić information content (AvgIpc) is 3.14. The molecule has 0 spiro atoms. The molecular formula is C22H25N3O3. The molecule has 28 heavy (non-hydrogen) atoms. The Morgan fingerprint density at radius 2 is 2.00 bits per heavy atom. The van der Waals surface area contributed by atoms with E-state index in [1.54, 1.807) is 24.3 Å². The standard InChI is InChI=1S/C22H25N3O3/c1-24-14-4-6-20(24)21(26)25-15-3-2-5-19(25)12-16-28-22(27)18-9-7-17(8-10-18)11-13-23/h4,6-10,14,19H,2-3,5,11-12,15-16H2,1H3/t19-/m0/s1. The van der Waals surface area contributed by atoms with Crippen LogP contribution in [0.3, 0.4) is 0 Å². The maximum Gasteiger partial charge on any atom is 0.338 e. The molecule has 6 nitrogen and oxygen atoms in total. The molecule has 1 saturated heterocycles. The van der Waals surface area contributed by atoms with Crippen LogP contribution in [0, 0.1) is 11.3 Å². The number of carbonyl (C=O) groups excluding carboxylic acids is 2. The topological polar surface area (TPSA) is 75.3 Å². The molecule has 0 saturated carbocycles. The van der Waals surface area contributed by atoms with Crippen molar-refractivity contribution in [2.75, 3.05) is 13.2 Å². The summed E-state index contributed by atoms with van der Waals surface area (Å²) in [6, 6.07) is 12.8. The number of hydrogen-bond donors (Lipinski definition) is 0. The van der Waals surface area contributed by atoms with E-state index in [-0.39, 0.29) is 24.5 Å². The van der Waals surface area contributed by atoms with Gasteiger partial charge in [0.1, 0.15) is 5.69 Å². The van der Waals surface area contributed by atoms with Crippen molar-refractivity contribution in [1.82, 2.24) is 9.47 Å². The van der Waals surface area contributed by atoms with Gasteiger partial charge >= 0.3 is 5.97 Å². The van der Waals surface area contributed by atoms with E-state index in [9.17, 15) is 9.59 Å². The Bertz CT molecular complexity index is 864. The molecule has 1 aromatic carbocycles. The summed E-state index contributed by atoms with van der Waals surface area (Å²) in [5.41, 5.74) is 2.03. The first-order chi connectivity index (χ1) is 13.6. The minimum Gasteiger partial charge on any atom is -0.462 e. The van der Waals surface area contributed by atoms with E-state index in [0.29, 0.717) is 24.1 Å². The van der Waals surface area contributed by atoms with E-state index in [0.717, 1.165) is 31.4 Å². The predicted molar refractivity (Wildman–Crippen MR) is 105 cm³/mol. The zero-order chi connectivity index (χ0) is 19.9. The molecule has 2 aromatic rings. The Morgan fingerprint density at radius 1 is 1.21 bits per heavy atom. The molecule has 1 aliphatic heterocycles. The second-order valence-corrected chi connectivity index (χ2v) is 7.11. The first kappa shape index (κ1) is 19.7. The van der Waals surface area contributed by atoms with Crippen molar-refractivity contribution in [2.45, 2.75) is 38.1 Å². The minimum atomic E-state index is -0.375. The lowest BCUT2D eigenvalue weighted by atomic mass is 9.99. The van der Waals surface area contributed by atoms with E-state index in [1.165, 1.54) is 0 Å². The lowest BCUT2D eigenvalue weighted by molar-refractivity contribution is 0.0406. The molecule has 1 fully saturated rings. The molecule has 1 amide bonds. The quantitative estimate of drug-likeness (QED) is 0.722. The second-order valence-electron chi connectivity index (χ2n) is 7.11. The first-order valence-electron chi connectivity index (χ1n) is 9.65. The largest absolute Gasteiger partial charge is 0.462 e. The number of aryl methyl sites for hydroxylation is 1. The van der Waals surface area contributed by atoms with Gasteiger partial charge in [0.25, 0.3) is 5.91 Å². The summed E-state index contributed by atoms with van der Waals surface area (Å²) < 4.78 is 7.26. The first-order valence-corrected chi connectivity index (χ1v) is 9.65. The lowest BCUT2D eigenvalue weighted by Gasteiger charge is -2.35. The zero-order valence-corrected chi connectivity index (χ0v) is 16.1. The number of ether oxygens (including phenoxy) is 1. The summed E-state index contributed by atoms with van der Waals surface area (Å²) in [4.78, 5) is 27.0. The molecule has 6 heteroatoms. The molecule has 1 aromatic heterocycles. The molecule has 0 bridgehead atoms. The summed E-state index contributed by atoms with van der Waals surface area (Å²) in [6.45, 7) is 1.02. The Morgan fingerprint density at radius 3 is 2.68 bits per heavy atom. The number of nitriles is 1. The van der Waals surface area contributed by atoms with Crippen molar-refractivity contribution in [3.05, 3.63) is 59.4 Å². The van der Waals surface area contributed by atoms with Crippen molar-refractivity contribution in [1.29, 1.82) is 5.26 Å². The fourth-order valence-electron chi connectivity index (χ4n) is 3.62. The van der Waals surface area contributed by atoms with Gasteiger partial charge in [0.05, 0.1) is 24.7 Å². The number of benzene rings is 1. The zero-order valence-electron chi connectivity index (χ0n) is 16.1. The highest BCUT2D eigenvalue weighted by Crippen LogP contribution is 2.22. The molecule has 146 valence electrons. The van der Waals surface area contributed by atoms with Crippen LogP contribution in [0.25, 0.3) is 0 Å². The van der Waals surface area contributed by atoms with Gasteiger partial charge in [-0.25, -0.2) is 4.79 Å². The SMILES string of the molecule is Cn1cccc1C(=O)N1CCCC[C@H]1CCOC(=O)c1ccc(CC#N)cc1. The molecule has 0 radical (unpaired) electrons. The number of nitrogens with zero attached hydrogens (tertiary/aromatic N) is 3. The normalized spacial score (nSPS) is 16.4. The number of rotatable bonds is 6. The van der Waals surface area contributed by atoms with E-state index in [2.05, 4.69) is 6.07 Å². The van der Waals surface area contributed by atoms with Gasteiger partial charge in [-0.2, -0.15) is 5.26 Å². The van der Waals surface area contributed by atoms with Gasteiger partial charge < -0.3 is 14.2 Å². The summed E-state index contributed by atoms with van der Waals surface area (Å²) in [7, 11) is 1.87. The maximum absolute atomic E-state index is 12.9. The van der Waals surface area contributed by atoms with Gasteiger partial charge in [-0.1, -0.05) is 12.1 Å². The number of hydrogen-bond acceptors (Lipinski definition) is 4. The minimum absolute atomic E-state index is 0.0385. The smallest absolute Gasteiger partial charge is 0.338 e. The number of likely N-dealkylation sites (tertiary alicyclic amines) is 1. The Hall–Kier alpha value is -3.07. The number of aromatic nitrogens is 1. The third-order valence-electron chi connectivity index (χ3n) is 5.21. The van der Waals surface area contributed by atoms with Gasteiger partial charge in [-0.05, 0) is 49.1 Å². The Balaban J connectivity index is 1.55. The van der Waals surface area contributed by atoms with E-state index >= 15 is 0 Å². The van der Waals surface area contributed by atoms with Crippen LogP contribution in [0.4, 0.5) is 0 Å². The highest BCUT2D eigenvalue weighted by molar-refractivity contribution is 5.93. The van der Waals surface area contributed by atoms with Crippen LogP contribution in [0.15, 0.2) is 42.6 Å². The van der Waals surface area contributed by atoms with E-state index < -0.39 is 0 Å². The van der Waals surface area contributed by atoms with E-state index in [1.807, 2.05) is 34.8 Å². The summed E-state index contributed by atoms with van der Waals surface area (Å²) in [6.07, 6.45) is 5.83. The fourth-order valence-corrected chi connectivity index (χ4v) is 3.62. The third kappa shape index (κ3) is 4.61. The second kappa shape index (κ2) is 9.23. The van der Waals surface area contributed by atoms with Crippen LogP contribution >= 0.6 is 0 Å². The summed E-state index contributed by atoms with van der Waals surface area (Å²) >= 11 is 0. The maximum atomic E-state index is 12.9. The molecule has 2 heterocycles. The Kier molecular flexibility index (Phi) is 6.49. The van der Waals surface area contributed by atoms with Crippen LogP contribution in [0.1, 0.15) is 52.1 Å². The highest BCUT2D eigenvalue weighted by atomic mass is 16.5. The van der Waals surface area contributed by atoms with Crippen molar-refractivity contribution < 1.29 is 14.3 Å².